The number of anilines is 1. The molecule has 2 aliphatic heterocycles. The number of benzene rings is 2. The Labute approximate surface area is 200 Å². The van der Waals surface area contributed by atoms with E-state index in [0.717, 1.165) is 44.5 Å². The van der Waals surface area contributed by atoms with Gasteiger partial charge in [0, 0.05) is 50.0 Å². The summed E-state index contributed by atoms with van der Waals surface area (Å²) >= 11 is 6.08. The number of ether oxygens (including phenoxy) is 1. The fourth-order valence-corrected chi connectivity index (χ4v) is 5.96. The summed E-state index contributed by atoms with van der Waals surface area (Å²) < 4.78 is 33.0. The van der Waals surface area contributed by atoms with Gasteiger partial charge in [0.25, 0.3) is 5.91 Å². The van der Waals surface area contributed by atoms with E-state index in [2.05, 4.69) is 4.90 Å². The van der Waals surface area contributed by atoms with Crippen LogP contribution in [0.15, 0.2) is 53.4 Å². The Balaban J connectivity index is 1.27. The van der Waals surface area contributed by atoms with Crippen molar-refractivity contribution in [3.05, 3.63) is 53.6 Å². The zero-order valence-electron chi connectivity index (χ0n) is 18.7. The number of amides is 1. The summed E-state index contributed by atoms with van der Waals surface area (Å²) in [4.78, 5) is 16.9. The standard InChI is InChI=1S/C24H30ClN3O4S/c25-20-6-5-7-21(18-20)26-14-16-27(17-15-26)24(29)19-32-22-8-10-23(11-9-22)33(30,31)28-12-3-1-2-4-13-28/h5-11,18H,1-4,12-17,19H2. The van der Waals surface area contributed by atoms with E-state index in [1.165, 1.54) is 0 Å². The van der Waals surface area contributed by atoms with Crippen LogP contribution in [0.25, 0.3) is 0 Å². The maximum Gasteiger partial charge on any atom is 0.260 e. The number of hydrogen-bond donors (Lipinski definition) is 0. The smallest absolute Gasteiger partial charge is 0.260 e. The number of carbonyl (C=O) groups excluding carboxylic acids is 1. The van der Waals surface area contributed by atoms with Crippen LogP contribution >= 0.6 is 11.6 Å². The molecule has 178 valence electrons. The highest BCUT2D eigenvalue weighted by Crippen LogP contribution is 2.23. The molecule has 0 aliphatic carbocycles. The van der Waals surface area contributed by atoms with Crippen molar-refractivity contribution in [1.82, 2.24) is 9.21 Å². The van der Waals surface area contributed by atoms with Crippen LogP contribution < -0.4 is 9.64 Å². The van der Waals surface area contributed by atoms with E-state index >= 15 is 0 Å². The average molecular weight is 492 g/mol. The summed E-state index contributed by atoms with van der Waals surface area (Å²) in [7, 11) is -3.49. The van der Waals surface area contributed by atoms with Crippen LogP contribution in [-0.2, 0) is 14.8 Å². The molecule has 2 aliphatic rings. The van der Waals surface area contributed by atoms with Crippen molar-refractivity contribution in [3.63, 3.8) is 0 Å². The molecule has 0 radical (unpaired) electrons. The van der Waals surface area contributed by atoms with Crippen molar-refractivity contribution >= 4 is 33.2 Å². The summed E-state index contributed by atoms with van der Waals surface area (Å²) in [5, 5.41) is 0.699. The van der Waals surface area contributed by atoms with Crippen LogP contribution in [0.3, 0.4) is 0 Å². The minimum absolute atomic E-state index is 0.0740. The zero-order chi connectivity index (χ0) is 23.3. The number of halogens is 1. The first-order valence-corrected chi connectivity index (χ1v) is 13.3. The van der Waals surface area contributed by atoms with E-state index < -0.39 is 10.0 Å². The summed E-state index contributed by atoms with van der Waals surface area (Å²) in [5.41, 5.74) is 1.06. The molecule has 0 unspecified atom stereocenters. The third-order valence-electron chi connectivity index (χ3n) is 6.19. The van der Waals surface area contributed by atoms with E-state index in [0.29, 0.717) is 37.0 Å². The van der Waals surface area contributed by atoms with Crippen LogP contribution in [0.5, 0.6) is 5.75 Å². The highest BCUT2D eigenvalue weighted by molar-refractivity contribution is 7.89. The predicted molar refractivity (Wildman–Crippen MR) is 129 cm³/mol. The molecule has 4 rings (SSSR count). The van der Waals surface area contributed by atoms with Gasteiger partial charge in [0.1, 0.15) is 5.75 Å². The van der Waals surface area contributed by atoms with E-state index in [1.54, 1.807) is 33.5 Å². The minimum Gasteiger partial charge on any atom is -0.484 e. The Hall–Kier alpha value is -2.29. The maximum atomic E-state index is 12.9. The van der Waals surface area contributed by atoms with Crippen molar-refractivity contribution in [2.24, 2.45) is 0 Å². The molecule has 0 atom stereocenters. The van der Waals surface area contributed by atoms with Gasteiger partial charge in [-0.05, 0) is 55.3 Å². The molecule has 2 aromatic rings. The first-order chi connectivity index (χ1) is 15.9. The average Bonchev–Trinajstić information content (AvgIpc) is 3.13. The summed E-state index contributed by atoms with van der Waals surface area (Å²) in [6.07, 6.45) is 3.94. The molecule has 9 heteroatoms. The topological polar surface area (TPSA) is 70.2 Å². The highest BCUT2D eigenvalue weighted by Gasteiger charge is 2.25. The molecule has 2 fully saturated rings. The molecule has 1 amide bonds. The predicted octanol–water partition coefficient (Wildman–Crippen LogP) is 3.63. The molecule has 2 saturated heterocycles. The van der Waals surface area contributed by atoms with Crippen LogP contribution in [0.1, 0.15) is 25.7 Å². The Kier molecular flexibility index (Phi) is 7.78. The second-order valence-corrected chi connectivity index (χ2v) is 10.8. The van der Waals surface area contributed by atoms with E-state index in [1.807, 2.05) is 24.3 Å². The van der Waals surface area contributed by atoms with Crippen LogP contribution in [-0.4, -0.2) is 69.4 Å². The number of rotatable bonds is 6. The van der Waals surface area contributed by atoms with Crippen LogP contribution in [0, 0.1) is 0 Å². The molecule has 2 aromatic carbocycles. The fraction of sp³-hybridized carbons (Fsp3) is 0.458. The molecule has 2 heterocycles. The minimum atomic E-state index is -3.49. The number of hydrogen-bond acceptors (Lipinski definition) is 5. The van der Waals surface area contributed by atoms with Crippen molar-refractivity contribution in [2.45, 2.75) is 30.6 Å². The van der Waals surface area contributed by atoms with Gasteiger partial charge in [0.15, 0.2) is 6.61 Å². The molecule has 0 saturated carbocycles. The number of nitrogens with zero attached hydrogens (tertiary/aromatic N) is 3. The Morgan fingerprint density at radius 2 is 1.55 bits per heavy atom. The Bertz CT molecular complexity index is 1050. The van der Waals surface area contributed by atoms with Gasteiger partial charge in [-0.3, -0.25) is 4.79 Å². The molecule has 0 bridgehead atoms. The third kappa shape index (κ3) is 5.99. The Morgan fingerprint density at radius 3 is 2.18 bits per heavy atom. The SMILES string of the molecule is O=C(COc1ccc(S(=O)(=O)N2CCCCCC2)cc1)N1CCN(c2cccc(Cl)c2)CC1. The first-order valence-electron chi connectivity index (χ1n) is 11.4. The monoisotopic (exact) mass is 491 g/mol. The van der Waals surface area contributed by atoms with Crippen molar-refractivity contribution in [2.75, 3.05) is 50.8 Å². The third-order valence-corrected chi connectivity index (χ3v) is 8.34. The number of sulfonamides is 1. The van der Waals surface area contributed by atoms with E-state index in [9.17, 15) is 13.2 Å². The van der Waals surface area contributed by atoms with Crippen LogP contribution in [0.4, 0.5) is 5.69 Å². The summed E-state index contributed by atoms with van der Waals surface area (Å²) in [6.45, 7) is 3.75. The van der Waals surface area contributed by atoms with E-state index in [-0.39, 0.29) is 17.4 Å². The van der Waals surface area contributed by atoms with Gasteiger partial charge >= 0.3 is 0 Å². The lowest BCUT2D eigenvalue weighted by Gasteiger charge is -2.36. The number of piperazine rings is 1. The molecule has 7 nitrogen and oxygen atoms in total. The van der Waals surface area contributed by atoms with Gasteiger partial charge in [-0.25, -0.2) is 8.42 Å². The molecule has 0 aromatic heterocycles. The molecular formula is C24H30ClN3O4S. The quantitative estimate of drug-likeness (QED) is 0.617. The van der Waals surface area contributed by atoms with Crippen molar-refractivity contribution in [1.29, 1.82) is 0 Å². The molecule has 0 spiro atoms. The second-order valence-electron chi connectivity index (χ2n) is 8.43. The Morgan fingerprint density at radius 1 is 0.879 bits per heavy atom. The fourth-order valence-electron chi connectivity index (χ4n) is 4.26. The van der Waals surface area contributed by atoms with Gasteiger partial charge in [-0.2, -0.15) is 4.31 Å². The van der Waals surface area contributed by atoms with Gasteiger partial charge in [-0.1, -0.05) is 30.5 Å². The van der Waals surface area contributed by atoms with Crippen molar-refractivity contribution < 1.29 is 17.9 Å². The molecule has 33 heavy (non-hydrogen) atoms. The van der Waals surface area contributed by atoms with Gasteiger partial charge < -0.3 is 14.5 Å². The second kappa shape index (κ2) is 10.8. The number of carbonyl (C=O) groups is 1. The van der Waals surface area contributed by atoms with Crippen molar-refractivity contribution in [3.8, 4) is 5.75 Å². The van der Waals surface area contributed by atoms with Gasteiger partial charge in [0.05, 0.1) is 4.90 Å². The normalized spacial score (nSPS) is 18.1. The van der Waals surface area contributed by atoms with Gasteiger partial charge in [-0.15, -0.1) is 0 Å². The lowest BCUT2D eigenvalue weighted by Crippen LogP contribution is -2.50. The zero-order valence-corrected chi connectivity index (χ0v) is 20.2. The van der Waals surface area contributed by atoms with E-state index in [4.69, 9.17) is 16.3 Å². The maximum absolute atomic E-state index is 12.9. The lowest BCUT2D eigenvalue weighted by molar-refractivity contribution is -0.133. The molecular weight excluding hydrogens is 462 g/mol. The first kappa shape index (κ1) is 23.9. The van der Waals surface area contributed by atoms with Gasteiger partial charge in [0.2, 0.25) is 10.0 Å². The highest BCUT2D eigenvalue weighted by atomic mass is 35.5. The molecule has 0 N–H and O–H groups in total. The summed E-state index contributed by atoms with van der Waals surface area (Å²) in [6, 6.07) is 14.1. The largest absolute Gasteiger partial charge is 0.484 e. The summed E-state index contributed by atoms with van der Waals surface area (Å²) in [5.74, 6) is 0.401. The van der Waals surface area contributed by atoms with Crippen LogP contribution in [0.2, 0.25) is 5.02 Å². The lowest BCUT2D eigenvalue weighted by atomic mass is 10.2.